The van der Waals surface area contributed by atoms with E-state index >= 15 is 0 Å². The summed E-state index contributed by atoms with van der Waals surface area (Å²) in [6.45, 7) is 0.897. The molecule has 6 rings (SSSR count). The molecule has 1 aliphatic rings. The van der Waals surface area contributed by atoms with Gasteiger partial charge in [0.2, 0.25) is 17.7 Å². The van der Waals surface area contributed by atoms with E-state index < -0.39 is 16.4 Å². The second kappa shape index (κ2) is 8.45. The van der Waals surface area contributed by atoms with Gasteiger partial charge in [-0.3, -0.25) is 10.1 Å². The van der Waals surface area contributed by atoms with E-state index in [4.69, 9.17) is 14.1 Å². The Kier molecular flexibility index (Phi) is 5.10. The van der Waals surface area contributed by atoms with E-state index in [9.17, 15) is 14.5 Å². The van der Waals surface area contributed by atoms with Crippen LogP contribution in [0.25, 0.3) is 33.6 Å². The maximum atomic E-state index is 14.1. The number of nitro groups is 1. The third-order valence-electron chi connectivity index (χ3n) is 6.25. The molecule has 0 aliphatic carbocycles. The van der Waals surface area contributed by atoms with Gasteiger partial charge in [-0.05, 0) is 18.4 Å². The summed E-state index contributed by atoms with van der Waals surface area (Å²) < 4.78 is 27.1. The number of rotatable bonds is 6. The van der Waals surface area contributed by atoms with Crippen LogP contribution in [0.2, 0.25) is 0 Å². The number of para-hydroxylation sites is 1. The van der Waals surface area contributed by atoms with Crippen LogP contribution in [-0.4, -0.2) is 31.6 Å². The number of hydrogen-bond donors (Lipinski definition) is 1. The molecule has 0 atom stereocenters. The zero-order chi connectivity index (χ0) is 24.8. The molecule has 5 aromatic rings. The monoisotopic (exact) mass is 486 g/mol. The fourth-order valence-corrected chi connectivity index (χ4v) is 4.68. The molecule has 4 heterocycles. The van der Waals surface area contributed by atoms with Crippen LogP contribution in [0, 0.1) is 15.9 Å². The second-order valence-corrected chi connectivity index (χ2v) is 8.33. The Bertz CT molecular complexity index is 1630. The third kappa shape index (κ3) is 3.52. The zero-order valence-electron chi connectivity index (χ0n) is 19.1. The smallest absolute Gasteiger partial charge is 0.307 e. The average molecular weight is 486 g/mol. The molecule has 0 radical (unpaired) electrons. The first kappa shape index (κ1) is 21.7. The molecule has 0 fully saturated rings. The van der Waals surface area contributed by atoms with E-state index in [1.165, 1.54) is 24.5 Å². The first-order valence-corrected chi connectivity index (χ1v) is 11.2. The lowest BCUT2D eigenvalue weighted by Gasteiger charge is -2.14. The molecule has 0 saturated heterocycles. The van der Waals surface area contributed by atoms with E-state index in [1.807, 2.05) is 6.07 Å². The minimum absolute atomic E-state index is 0.0761. The SMILES string of the molecule is COc1cc(F)c([N+](=O)[O-])cc1Nc1ncc(-c2ncco2)c(-c2cn3c4c(cccc24)CCC3)n1. The van der Waals surface area contributed by atoms with Gasteiger partial charge in [-0.25, -0.2) is 15.0 Å². The van der Waals surface area contributed by atoms with Crippen molar-refractivity contribution in [1.82, 2.24) is 19.5 Å². The van der Waals surface area contributed by atoms with Gasteiger partial charge >= 0.3 is 5.69 Å². The highest BCUT2D eigenvalue weighted by molar-refractivity contribution is 6.00. The molecule has 0 bridgehead atoms. The number of benzene rings is 2. The molecule has 10 nitrogen and oxygen atoms in total. The van der Waals surface area contributed by atoms with E-state index in [-0.39, 0.29) is 17.4 Å². The van der Waals surface area contributed by atoms with Crippen LogP contribution in [-0.2, 0) is 13.0 Å². The molecule has 0 saturated carbocycles. The fourth-order valence-electron chi connectivity index (χ4n) is 4.68. The van der Waals surface area contributed by atoms with Gasteiger partial charge in [0.1, 0.15) is 12.0 Å². The Morgan fingerprint density at radius 3 is 2.92 bits per heavy atom. The highest BCUT2D eigenvalue weighted by Crippen LogP contribution is 2.39. The normalized spacial score (nSPS) is 12.6. The van der Waals surface area contributed by atoms with Crippen molar-refractivity contribution < 1.29 is 18.5 Å². The van der Waals surface area contributed by atoms with Crippen molar-refractivity contribution in [2.45, 2.75) is 19.4 Å². The molecule has 0 unspecified atom stereocenters. The first-order chi connectivity index (χ1) is 17.5. The van der Waals surface area contributed by atoms with Gasteiger partial charge in [-0.1, -0.05) is 18.2 Å². The summed E-state index contributed by atoms with van der Waals surface area (Å²) in [4.78, 5) is 23.9. The number of methoxy groups -OCH3 is 1. The Morgan fingerprint density at radius 2 is 2.14 bits per heavy atom. The summed E-state index contributed by atoms with van der Waals surface area (Å²) in [5.74, 6) is -0.422. The number of halogens is 1. The Labute approximate surface area is 203 Å². The summed E-state index contributed by atoms with van der Waals surface area (Å²) in [5.41, 5.74) is 3.95. The predicted molar refractivity (Wildman–Crippen MR) is 130 cm³/mol. The average Bonchev–Trinajstić information content (AvgIpc) is 3.55. The van der Waals surface area contributed by atoms with Gasteiger partial charge in [0.15, 0.2) is 0 Å². The Hall–Kier alpha value is -4.80. The van der Waals surface area contributed by atoms with Crippen molar-refractivity contribution >= 4 is 28.2 Å². The summed E-state index contributed by atoms with van der Waals surface area (Å²) in [5, 5.41) is 15.3. The molecule has 1 aliphatic heterocycles. The zero-order valence-corrected chi connectivity index (χ0v) is 19.1. The van der Waals surface area contributed by atoms with E-state index in [2.05, 4.69) is 38.2 Å². The van der Waals surface area contributed by atoms with E-state index in [0.29, 0.717) is 17.1 Å². The fraction of sp³-hybridized carbons (Fsp3) is 0.160. The lowest BCUT2D eigenvalue weighted by Crippen LogP contribution is -2.05. The van der Waals surface area contributed by atoms with Crippen molar-refractivity contribution in [2.75, 3.05) is 12.4 Å². The molecule has 3 aromatic heterocycles. The molecule has 180 valence electrons. The highest BCUT2D eigenvalue weighted by atomic mass is 19.1. The van der Waals surface area contributed by atoms with Gasteiger partial charge in [0.05, 0.1) is 40.7 Å². The summed E-state index contributed by atoms with van der Waals surface area (Å²) in [7, 11) is 1.34. The van der Waals surface area contributed by atoms with Crippen molar-refractivity contribution in [1.29, 1.82) is 0 Å². The highest BCUT2D eigenvalue weighted by Gasteiger charge is 2.24. The first-order valence-electron chi connectivity index (χ1n) is 11.2. The van der Waals surface area contributed by atoms with Crippen LogP contribution in [0.5, 0.6) is 5.75 Å². The number of hydrogen-bond acceptors (Lipinski definition) is 8. The van der Waals surface area contributed by atoms with Crippen LogP contribution >= 0.6 is 0 Å². The van der Waals surface area contributed by atoms with Gasteiger partial charge in [-0.2, -0.15) is 4.39 Å². The molecule has 2 aromatic carbocycles. The van der Waals surface area contributed by atoms with Crippen molar-refractivity contribution in [3.05, 3.63) is 76.7 Å². The number of nitro benzene ring substituents is 1. The van der Waals surface area contributed by atoms with E-state index in [0.717, 1.165) is 42.5 Å². The van der Waals surface area contributed by atoms with Crippen molar-refractivity contribution in [2.24, 2.45) is 0 Å². The molecule has 0 spiro atoms. The minimum atomic E-state index is -1.00. The maximum absolute atomic E-state index is 14.1. The quantitative estimate of drug-likeness (QED) is 0.247. The number of anilines is 2. The van der Waals surface area contributed by atoms with Crippen molar-refractivity contribution in [3.8, 4) is 28.5 Å². The number of aryl methyl sites for hydroxylation is 2. The number of aromatic nitrogens is 4. The molecular formula is C25H19FN6O4. The topological polar surface area (TPSA) is 121 Å². The Morgan fingerprint density at radius 1 is 1.25 bits per heavy atom. The number of ether oxygens (including phenoxy) is 1. The number of nitrogens with one attached hydrogen (secondary N) is 1. The predicted octanol–water partition coefficient (Wildman–Crippen LogP) is 5.50. The van der Waals surface area contributed by atoms with Crippen LogP contribution in [0.4, 0.5) is 21.7 Å². The van der Waals surface area contributed by atoms with Crippen molar-refractivity contribution in [3.63, 3.8) is 0 Å². The van der Waals surface area contributed by atoms with Gasteiger partial charge in [0, 0.05) is 42.0 Å². The largest absolute Gasteiger partial charge is 0.494 e. The number of nitrogens with zero attached hydrogens (tertiary/aromatic N) is 5. The summed E-state index contributed by atoms with van der Waals surface area (Å²) in [6.07, 6.45) is 8.72. The second-order valence-electron chi connectivity index (χ2n) is 8.33. The van der Waals surface area contributed by atoms with Gasteiger partial charge < -0.3 is 19.0 Å². The molecule has 11 heteroatoms. The third-order valence-corrected chi connectivity index (χ3v) is 6.25. The van der Waals surface area contributed by atoms with Crippen LogP contribution < -0.4 is 10.1 Å². The van der Waals surface area contributed by atoms with Gasteiger partial charge in [-0.15, -0.1) is 0 Å². The van der Waals surface area contributed by atoms with Crippen LogP contribution in [0.15, 0.2) is 59.6 Å². The molecular weight excluding hydrogens is 467 g/mol. The summed E-state index contributed by atoms with van der Waals surface area (Å²) >= 11 is 0. The number of oxazole rings is 1. The Balaban J connectivity index is 1.52. The van der Waals surface area contributed by atoms with E-state index in [1.54, 1.807) is 12.4 Å². The van der Waals surface area contributed by atoms with Crippen LogP contribution in [0.3, 0.4) is 0 Å². The molecule has 0 amide bonds. The molecule has 1 N–H and O–H groups in total. The lowest BCUT2D eigenvalue weighted by molar-refractivity contribution is -0.387. The maximum Gasteiger partial charge on any atom is 0.307 e. The molecule has 36 heavy (non-hydrogen) atoms. The minimum Gasteiger partial charge on any atom is -0.494 e. The summed E-state index contributed by atoms with van der Waals surface area (Å²) in [6, 6.07) is 8.23. The standard InChI is InChI=1S/C25H19FN6O4/c1-35-21-10-18(26)20(32(33)34)11-19(21)29-25-28-12-16(24-27-7-9-36-24)22(30-25)17-13-31-8-3-5-14-4-2-6-15(17)23(14)31/h2,4,6-7,9-13H,3,5,8H2,1H3,(H,28,29,30). The van der Waals surface area contributed by atoms with Gasteiger partial charge in [0.25, 0.3) is 0 Å². The van der Waals surface area contributed by atoms with Crippen LogP contribution in [0.1, 0.15) is 12.0 Å². The lowest BCUT2D eigenvalue weighted by atomic mass is 10.0.